The first-order chi connectivity index (χ1) is 4.84. The van der Waals surface area contributed by atoms with Crippen LogP contribution in [0.3, 0.4) is 0 Å². The summed E-state index contributed by atoms with van der Waals surface area (Å²) in [6, 6.07) is 1.64. The van der Waals surface area contributed by atoms with Crippen LogP contribution in [0, 0.1) is 5.41 Å². The molecular weight excluding hydrogens is 126 g/mol. The molecule has 0 aromatic carbocycles. The molecular formula is C7H9N3. The minimum absolute atomic E-state index is 0.438. The van der Waals surface area contributed by atoms with E-state index >= 15 is 0 Å². The molecule has 1 aromatic rings. The fourth-order valence-electron chi connectivity index (χ4n) is 0.652. The topological polar surface area (TPSA) is 41.7 Å². The van der Waals surface area contributed by atoms with Gasteiger partial charge in [-0.15, -0.1) is 0 Å². The minimum Gasteiger partial charge on any atom is -0.293 e. The minimum atomic E-state index is 0.438. The van der Waals surface area contributed by atoms with Gasteiger partial charge in [0.15, 0.2) is 0 Å². The zero-order valence-electron chi connectivity index (χ0n) is 5.78. The van der Waals surface area contributed by atoms with Crippen molar-refractivity contribution in [2.75, 3.05) is 0 Å². The smallest absolute Gasteiger partial charge is 0.131 e. The van der Waals surface area contributed by atoms with E-state index in [1.54, 1.807) is 29.4 Å². The first-order valence-corrected chi connectivity index (χ1v) is 3.04. The molecule has 0 aliphatic rings. The first-order valence-electron chi connectivity index (χ1n) is 3.04. The second-order valence-corrected chi connectivity index (χ2v) is 1.86. The summed E-state index contributed by atoms with van der Waals surface area (Å²) in [6.45, 7) is 1.90. The molecule has 3 nitrogen and oxygen atoms in total. The van der Waals surface area contributed by atoms with Crippen molar-refractivity contribution in [3.05, 3.63) is 30.2 Å². The van der Waals surface area contributed by atoms with Crippen molar-refractivity contribution < 1.29 is 0 Å². The molecule has 0 atom stereocenters. The van der Waals surface area contributed by atoms with Crippen molar-refractivity contribution in [1.29, 1.82) is 5.41 Å². The highest BCUT2D eigenvalue weighted by atomic mass is 15.0. The average molecular weight is 135 g/mol. The third-order valence-electron chi connectivity index (χ3n) is 1.10. The van der Waals surface area contributed by atoms with Gasteiger partial charge in [0.05, 0.1) is 0 Å². The van der Waals surface area contributed by atoms with E-state index < -0.39 is 0 Å². The summed E-state index contributed by atoms with van der Waals surface area (Å²) >= 11 is 0. The van der Waals surface area contributed by atoms with Crippen molar-refractivity contribution in [2.24, 2.45) is 0 Å². The van der Waals surface area contributed by atoms with Crippen molar-refractivity contribution >= 4 is 6.20 Å². The van der Waals surface area contributed by atoms with Crippen molar-refractivity contribution in [3.63, 3.8) is 0 Å². The van der Waals surface area contributed by atoms with Gasteiger partial charge in [0, 0.05) is 12.4 Å². The molecule has 1 heterocycles. The molecule has 0 fully saturated rings. The van der Waals surface area contributed by atoms with Gasteiger partial charge in [-0.3, -0.25) is 9.98 Å². The molecule has 1 N–H and O–H groups in total. The van der Waals surface area contributed by atoms with Crippen molar-refractivity contribution in [3.8, 4) is 0 Å². The number of nitrogens with zero attached hydrogens (tertiary/aromatic N) is 2. The summed E-state index contributed by atoms with van der Waals surface area (Å²) in [4.78, 5) is 3.86. The van der Waals surface area contributed by atoms with Gasteiger partial charge in [-0.2, -0.15) is 0 Å². The third kappa shape index (κ3) is 1.31. The van der Waals surface area contributed by atoms with Crippen LogP contribution in [0.25, 0.3) is 6.20 Å². The molecule has 0 spiro atoms. The first kappa shape index (κ1) is 6.74. The molecule has 1 aromatic heterocycles. The van der Waals surface area contributed by atoms with E-state index in [0.29, 0.717) is 5.49 Å². The second kappa shape index (κ2) is 2.96. The Morgan fingerprint density at radius 1 is 1.70 bits per heavy atom. The zero-order valence-corrected chi connectivity index (χ0v) is 5.78. The van der Waals surface area contributed by atoms with E-state index in [1.165, 1.54) is 0 Å². The Balaban J connectivity index is 3.16. The Bertz CT molecular complexity index is 285. The van der Waals surface area contributed by atoms with Gasteiger partial charge in [0.2, 0.25) is 0 Å². The Kier molecular flexibility index (Phi) is 1.99. The standard InChI is InChI=1S/C7H9N3/c1-2-5-10-6-9-4-3-7(10)8/h2-6,8H,1H3/b5-2-,8-7?. The number of rotatable bonds is 1. The molecule has 0 saturated carbocycles. The van der Waals surface area contributed by atoms with Crippen molar-refractivity contribution in [2.45, 2.75) is 6.92 Å². The van der Waals surface area contributed by atoms with Crippen LogP contribution >= 0.6 is 0 Å². The quantitative estimate of drug-likeness (QED) is 0.609. The summed E-state index contributed by atoms with van der Waals surface area (Å²) in [5.41, 5.74) is 0.438. The van der Waals surface area contributed by atoms with Gasteiger partial charge in [-0.1, -0.05) is 6.08 Å². The van der Waals surface area contributed by atoms with Gasteiger partial charge in [-0.05, 0) is 13.0 Å². The monoisotopic (exact) mass is 135 g/mol. The normalized spacial score (nSPS) is 10.5. The lowest BCUT2D eigenvalue weighted by Gasteiger charge is -1.94. The van der Waals surface area contributed by atoms with Crippen LogP contribution in [0.4, 0.5) is 0 Å². The van der Waals surface area contributed by atoms with Gasteiger partial charge in [0.1, 0.15) is 11.8 Å². The van der Waals surface area contributed by atoms with Crippen LogP contribution in [0.1, 0.15) is 6.92 Å². The highest BCUT2D eigenvalue weighted by Crippen LogP contribution is 1.77. The summed E-state index contributed by atoms with van der Waals surface area (Å²) in [5.74, 6) is 0. The average Bonchev–Trinajstić information content (AvgIpc) is 1.94. The molecule has 0 aliphatic heterocycles. The maximum absolute atomic E-state index is 7.35. The SMILES string of the molecule is C/C=C\n1cnccc1=N. The molecule has 0 unspecified atom stereocenters. The van der Waals surface area contributed by atoms with Crippen LogP contribution in [0.2, 0.25) is 0 Å². The molecule has 0 amide bonds. The third-order valence-corrected chi connectivity index (χ3v) is 1.10. The number of hydrogen-bond donors (Lipinski definition) is 1. The Morgan fingerprint density at radius 3 is 3.10 bits per heavy atom. The van der Waals surface area contributed by atoms with Gasteiger partial charge in [-0.25, -0.2) is 4.98 Å². The number of nitrogens with one attached hydrogen (secondary N) is 1. The molecule has 0 bridgehead atoms. The summed E-state index contributed by atoms with van der Waals surface area (Å²) in [7, 11) is 0. The van der Waals surface area contributed by atoms with Gasteiger partial charge >= 0.3 is 0 Å². The molecule has 10 heavy (non-hydrogen) atoms. The summed E-state index contributed by atoms with van der Waals surface area (Å²) in [6.07, 6.45) is 6.85. The van der Waals surface area contributed by atoms with E-state index in [1.807, 2.05) is 13.0 Å². The van der Waals surface area contributed by atoms with E-state index in [2.05, 4.69) is 4.98 Å². The van der Waals surface area contributed by atoms with Crippen LogP contribution in [-0.4, -0.2) is 9.55 Å². The zero-order chi connectivity index (χ0) is 7.40. The van der Waals surface area contributed by atoms with Crippen LogP contribution < -0.4 is 5.49 Å². The summed E-state index contributed by atoms with van der Waals surface area (Å²) in [5, 5.41) is 7.35. The molecule has 0 saturated heterocycles. The lowest BCUT2D eigenvalue weighted by molar-refractivity contribution is 0.926. The molecule has 1 rings (SSSR count). The molecule has 0 aliphatic carbocycles. The van der Waals surface area contributed by atoms with E-state index in [-0.39, 0.29) is 0 Å². The Morgan fingerprint density at radius 2 is 2.50 bits per heavy atom. The number of hydrogen-bond acceptors (Lipinski definition) is 2. The largest absolute Gasteiger partial charge is 0.293 e. The fraction of sp³-hybridized carbons (Fsp3) is 0.143. The molecule has 52 valence electrons. The van der Waals surface area contributed by atoms with Gasteiger partial charge in [0.25, 0.3) is 0 Å². The lowest BCUT2D eigenvalue weighted by Crippen LogP contribution is -2.13. The number of allylic oxidation sites excluding steroid dienone is 1. The van der Waals surface area contributed by atoms with Crippen molar-refractivity contribution in [1.82, 2.24) is 9.55 Å². The Labute approximate surface area is 59.2 Å². The maximum Gasteiger partial charge on any atom is 0.131 e. The highest BCUT2D eigenvalue weighted by molar-refractivity contribution is 5.18. The van der Waals surface area contributed by atoms with Crippen LogP contribution in [0.5, 0.6) is 0 Å². The summed E-state index contributed by atoms with van der Waals surface area (Å²) < 4.78 is 1.64. The highest BCUT2D eigenvalue weighted by Gasteiger charge is 1.80. The van der Waals surface area contributed by atoms with E-state index in [0.717, 1.165) is 0 Å². The predicted octanol–water partition coefficient (Wildman–Crippen LogP) is 0.853. The van der Waals surface area contributed by atoms with Gasteiger partial charge < -0.3 is 0 Å². The lowest BCUT2D eigenvalue weighted by atomic mass is 10.6. The Hall–Kier alpha value is -1.38. The molecule has 3 heteroatoms. The van der Waals surface area contributed by atoms with Crippen LogP contribution in [-0.2, 0) is 0 Å². The number of aromatic nitrogens is 2. The maximum atomic E-state index is 7.35. The molecule has 0 radical (unpaired) electrons. The predicted molar refractivity (Wildman–Crippen MR) is 39.1 cm³/mol. The second-order valence-electron chi connectivity index (χ2n) is 1.86. The van der Waals surface area contributed by atoms with E-state index in [9.17, 15) is 0 Å². The fourth-order valence-corrected chi connectivity index (χ4v) is 0.652. The van der Waals surface area contributed by atoms with Crippen LogP contribution in [0.15, 0.2) is 24.7 Å². The van der Waals surface area contributed by atoms with E-state index in [4.69, 9.17) is 5.41 Å².